The average Bonchev–Trinajstić information content (AvgIpc) is 2.98. The molecule has 0 saturated carbocycles. The van der Waals surface area contributed by atoms with E-state index in [2.05, 4.69) is 14.9 Å². The normalized spacial score (nSPS) is 25.9. The topological polar surface area (TPSA) is 48.3 Å². The molecular weight excluding hydrogens is 254 g/mol. The number of imidazole rings is 1. The Morgan fingerprint density at radius 1 is 1.30 bits per heavy atom. The molecule has 112 valence electrons. The van der Waals surface area contributed by atoms with Gasteiger partial charge in [0.05, 0.1) is 11.9 Å². The lowest BCUT2D eigenvalue weighted by Gasteiger charge is -2.43. The van der Waals surface area contributed by atoms with E-state index >= 15 is 0 Å². The molecule has 1 aromatic heterocycles. The molecule has 2 aliphatic rings. The van der Waals surface area contributed by atoms with E-state index in [1.54, 1.807) is 0 Å². The molecule has 1 spiro atoms. The minimum absolute atomic E-state index is 0.0957. The van der Waals surface area contributed by atoms with Crippen LogP contribution in [0, 0.1) is 0 Å². The maximum Gasteiger partial charge on any atom is 0.0945 e. The number of ether oxygens (including phenoxy) is 2. The van der Waals surface area contributed by atoms with Crippen LogP contribution in [0.25, 0.3) is 0 Å². The number of nitrogens with one attached hydrogen (secondary N) is 1. The highest BCUT2D eigenvalue weighted by Gasteiger charge is 2.38. The molecule has 5 nitrogen and oxygen atoms in total. The van der Waals surface area contributed by atoms with E-state index in [-0.39, 0.29) is 5.60 Å². The van der Waals surface area contributed by atoms with Crippen LogP contribution in [0.15, 0.2) is 18.7 Å². The molecule has 0 radical (unpaired) electrons. The van der Waals surface area contributed by atoms with Gasteiger partial charge in [0.25, 0.3) is 0 Å². The van der Waals surface area contributed by atoms with Gasteiger partial charge in [-0.15, -0.1) is 0 Å². The summed E-state index contributed by atoms with van der Waals surface area (Å²) in [7, 11) is 0. The van der Waals surface area contributed by atoms with Crippen LogP contribution in [0.5, 0.6) is 0 Å². The van der Waals surface area contributed by atoms with Crippen molar-refractivity contribution in [3.63, 3.8) is 0 Å². The zero-order chi connectivity index (χ0) is 13.7. The average molecular weight is 279 g/mol. The third-order valence-electron chi connectivity index (χ3n) is 4.48. The molecule has 0 aromatic carbocycles. The standard InChI is InChI=1S/C15H25N3O2/c1(7-18-8-6-16-13-18)5-17-14-2-9-20-15(12-14)3-10-19-11-4-15/h6,8,13-14,17H,1-5,7,9-12H2. The Kier molecular flexibility index (Phi) is 4.70. The van der Waals surface area contributed by atoms with E-state index in [0.717, 1.165) is 65.0 Å². The van der Waals surface area contributed by atoms with E-state index in [1.165, 1.54) is 0 Å². The SMILES string of the molecule is c1cn(CCCNC2CCOC3(CCOCC3)C2)cn1. The number of hydrogen-bond donors (Lipinski definition) is 1. The van der Waals surface area contributed by atoms with Gasteiger partial charge in [0.1, 0.15) is 0 Å². The van der Waals surface area contributed by atoms with Crippen molar-refractivity contribution < 1.29 is 9.47 Å². The monoisotopic (exact) mass is 279 g/mol. The van der Waals surface area contributed by atoms with Crippen LogP contribution in [0.1, 0.15) is 32.1 Å². The first-order chi connectivity index (χ1) is 9.86. The zero-order valence-electron chi connectivity index (χ0n) is 12.1. The molecule has 0 aliphatic carbocycles. The second-order valence-electron chi connectivity index (χ2n) is 5.94. The molecule has 2 saturated heterocycles. The summed E-state index contributed by atoms with van der Waals surface area (Å²) in [6.07, 6.45) is 11.3. The van der Waals surface area contributed by atoms with Gasteiger partial charge in [-0.25, -0.2) is 4.98 Å². The maximum absolute atomic E-state index is 6.07. The molecule has 5 heteroatoms. The fraction of sp³-hybridized carbons (Fsp3) is 0.800. The fourth-order valence-corrected chi connectivity index (χ4v) is 3.28. The molecule has 20 heavy (non-hydrogen) atoms. The highest BCUT2D eigenvalue weighted by Crippen LogP contribution is 2.34. The molecule has 0 bridgehead atoms. The van der Waals surface area contributed by atoms with Gasteiger partial charge in [-0.3, -0.25) is 0 Å². The van der Waals surface area contributed by atoms with Crippen molar-refractivity contribution in [2.24, 2.45) is 0 Å². The molecule has 1 unspecified atom stereocenters. The first kappa shape index (κ1) is 14.0. The minimum atomic E-state index is 0.0957. The Balaban J connectivity index is 1.39. The summed E-state index contributed by atoms with van der Waals surface area (Å²) < 4.78 is 13.7. The lowest BCUT2D eigenvalue weighted by molar-refractivity contribution is -0.140. The fourth-order valence-electron chi connectivity index (χ4n) is 3.28. The highest BCUT2D eigenvalue weighted by molar-refractivity contribution is 4.91. The quantitative estimate of drug-likeness (QED) is 0.832. The molecule has 3 rings (SSSR count). The van der Waals surface area contributed by atoms with E-state index in [0.29, 0.717) is 6.04 Å². The predicted molar refractivity (Wildman–Crippen MR) is 76.6 cm³/mol. The summed E-state index contributed by atoms with van der Waals surface area (Å²) >= 11 is 0. The van der Waals surface area contributed by atoms with Gasteiger partial charge in [0.15, 0.2) is 0 Å². The summed E-state index contributed by atoms with van der Waals surface area (Å²) in [6.45, 7) is 4.70. The van der Waals surface area contributed by atoms with Gasteiger partial charge >= 0.3 is 0 Å². The van der Waals surface area contributed by atoms with Crippen molar-refractivity contribution in [3.05, 3.63) is 18.7 Å². The molecule has 3 heterocycles. The lowest BCUT2D eigenvalue weighted by Crippen LogP contribution is -2.50. The Hall–Kier alpha value is -0.910. The third-order valence-corrected chi connectivity index (χ3v) is 4.48. The Morgan fingerprint density at radius 3 is 3.00 bits per heavy atom. The minimum Gasteiger partial charge on any atom is -0.381 e. The zero-order valence-corrected chi connectivity index (χ0v) is 12.1. The lowest BCUT2D eigenvalue weighted by atomic mass is 9.84. The summed E-state index contributed by atoms with van der Waals surface area (Å²) in [5, 5.41) is 3.70. The van der Waals surface area contributed by atoms with Crippen LogP contribution >= 0.6 is 0 Å². The first-order valence-electron chi connectivity index (χ1n) is 7.77. The Bertz CT molecular complexity index is 382. The number of nitrogens with zero attached hydrogens (tertiary/aromatic N) is 2. The van der Waals surface area contributed by atoms with Crippen LogP contribution in [-0.2, 0) is 16.0 Å². The van der Waals surface area contributed by atoms with Crippen molar-refractivity contribution in [1.29, 1.82) is 0 Å². The van der Waals surface area contributed by atoms with Crippen molar-refractivity contribution in [1.82, 2.24) is 14.9 Å². The molecule has 1 aromatic rings. The van der Waals surface area contributed by atoms with Gasteiger partial charge in [-0.2, -0.15) is 0 Å². The van der Waals surface area contributed by atoms with Crippen LogP contribution in [-0.4, -0.2) is 47.6 Å². The molecule has 2 fully saturated rings. The second kappa shape index (κ2) is 6.70. The van der Waals surface area contributed by atoms with Gasteiger partial charge in [-0.05, 0) is 38.6 Å². The third kappa shape index (κ3) is 3.59. The predicted octanol–water partition coefficient (Wildman–Crippen LogP) is 1.59. The van der Waals surface area contributed by atoms with Crippen molar-refractivity contribution in [3.8, 4) is 0 Å². The molecular formula is C15H25N3O2. The van der Waals surface area contributed by atoms with Crippen molar-refractivity contribution in [2.45, 2.75) is 50.3 Å². The molecule has 1 N–H and O–H groups in total. The number of aromatic nitrogens is 2. The van der Waals surface area contributed by atoms with Gasteiger partial charge in [0, 0.05) is 44.8 Å². The van der Waals surface area contributed by atoms with Crippen LogP contribution in [0.2, 0.25) is 0 Å². The second-order valence-corrected chi connectivity index (χ2v) is 5.94. The first-order valence-corrected chi connectivity index (χ1v) is 7.77. The van der Waals surface area contributed by atoms with E-state index < -0.39 is 0 Å². The van der Waals surface area contributed by atoms with Crippen molar-refractivity contribution >= 4 is 0 Å². The summed E-state index contributed by atoms with van der Waals surface area (Å²) in [5.41, 5.74) is 0.0957. The number of hydrogen-bond acceptors (Lipinski definition) is 4. The van der Waals surface area contributed by atoms with Crippen LogP contribution < -0.4 is 5.32 Å². The van der Waals surface area contributed by atoms with Gasteiger partial charge in [0.2, 0.25) is 0 Å². The van der Waals surface area contributed by atoms with Crippen LogP contribution in [0.4, 0.5) is 0 Å². The van der Waals surface area contributed by atoms with E-state index in [9.17, 15) is 0 Å². The Morgan fingerprint density at radius 2 is 2.20 bits per heavy atom. The summed E-state index contributed by atoms with van der Waals surface area (Å²) in [6, 6.07) is 0.602. The largest absolute Gasteiger partial charge is 0.381 e. The molecule has 2 aliphatic heterocycles. The molecule has 1 atom stereocenters. The summed E-state index contributed by atoms with van der Waals surface area (Å²) in [4.78, 5) is 4.06. The van der Waals surface area contributed by atoms with Crippen molar-refractivity contribution in [2.75, 3.05) is 26.4 Å². The Labute approximate surface area is 120 Å². The van der Waals surface area contributed by atoms with E-state index in [1.807, 2.05) is 18.7 Å². The maximum atomic E-state index is 6.07. The van der Waals surface area contributed by atoms with Crippen LogP contribution in [0.3, 0.4) is 0 Å². The number of rotatable bonds is 5. The summed E-state index contributed by atoms with van der Waals surface area (Å²) in [5.74, 6) is 0. The van der Waals surface area contributed by atoms with E-state index in [4.69, 9.17) is 9.47 Å². The smallest absolute Gasteiger partial charge is 0.0945 e. The highest BCUT2D eigenvalue weighted by atomic mass is 16.5. The van der Waals surface area contributed by atoms with Gasteiger partial charge in [-0.1, -0.05) is 0 Å². The number of aryl methyl sites for hydroxylation is 1. The van der Waals surface area contributed by atoms with Gasteiger partial charge < -0.3 is 19.4 Å². The molecule has 0 amide bonds.